The molecular formula is C30H26N4S. The zero-order valence-electron chi connectivity index (χ0n) is 19.9. The molecule has 4 aromatic carbocycles. The lowest BCUT2D eigenvalue weighted by molar-refractivity contribution is 1.20. The molecule has 0 aliphatic carbocycles. The molecule has 5 rings (SSSR count). The van der Waals surface area contributed by atoms with E-state index in [0.29, 0.717) is 17.1 Å². The van der Waals surface area contributed by atoms with Crippen molar-refractivity contribution in [1.29, 1.82) is 0 Å². The molecule has 1 heterocycles. The van der Waals surface area contributed by atoms with Crippen molar-refractivity contribution in [2.75, 3.05) is 5.73 Å². The molecule has 5 aromatic rings. The molecule has 35 heavy (non-hydrogen) atoms. The fourth-order valence-corrected chi connectivity index (χ4v) is 4.73. The predicted molar refractivity (Wildman–Crippen MR) is 149 cm³/mol. The van der Waals surface area contributed by atoms with Gasteiger partial charge in [0.2, 0.25) is 0 Å². The van der Waals surface area contributed by atoms with Gasteiger partial charge < -0.3 is 5.73 Å². The third kappa shape index (κ3) is 4.68. The molecule has 0 saturated heterocycles. The summed E-state index contributed by atoms with van der Waals surface area (Å²) in [6.45, 7) is 6.35. The van der Waals surface area contributed by atoms with Crippen molar-refractivity contribution in [2.45, 2.75) is 25.7 Å². The fourth-order valence-electron chi connectivity index (χ4n) is 4.42. The standard InChI is InChI=1S/C30H26N4S/c1-18-8-10-23(21-13-19(2)12-20(3)14-21)26(15-18)27-11-9-22(17-32-27)33-34-28-16-29(35)24-6-4-5-7-25(24)30(28)31/h4-17,35H,31H2,1-3H3/b34-33+. The summed E-state index contributed by atoms with van der Waals surface area (Å²) in [6, 6.07) is 26.8. The first-order chi connectivity index (χ1) is 16.9. The number of nitrogen functional groups attached to an aromatic ring is 1. The van der Waals surface area contributed by atoms with Crippen molar-refractivity contribution in [3.8, 4) is 22.4 Å². The molecule has 0 aliphatic heterocycles. The van der Waals surface area contributed by atoms with Gasteiger partial charge in [0, 0.05) is 15.8 Å². The van der Waals surface area contributed by atoms with E-state index in [1.807, 2.05) is 42.5 Å². The van der Waals surface area contributed by atoms with Gasteiger partial charge >= 0.3 is 0 Å². The Bertz CT molecular complexity index is 1570. The number of aryl methyl sites for hydroxylation is 3. The Morgan fingerprint density at radius 1 is 0.714 bits per heavy atom. The van der Waals surface area contributed by atoms with Crippen molar-refractivity contribution < 1.29 is 0 Å². The van der Waals surface area contributed by atoms with Crippen LogP contribution in [0.2, 0.25) is 0 Å². The number of fused-ring (bicyclic) bond motifs is 1. The molecule has 0 atom stereocenters. The van der Waals surface area contributed by atoms with Gasteiger partial charge in [-0.1, -0.05) is 71.3 Å². The number of nitrogens with zero attached hydrogens (tertiary/aromatic N) is 3. The highest BCUT2D eigenvalue weighted by Crippen LogP contribution is 2.37. The van der Waals surface area contributed by atoms with Gasteiger partial charge in [0.15, 0.2) is 0 Å². The van der Waals surface area contributed by atoms with Crippen molar-refractivity contribution in [1.82, 2.24) is 4.98 Å². The van der Waals surface area contributed by atoms with Crippen LogP contribution in [0, 0.1) is 20.8 Å². The van der Waals surface area contributed by atoms with Crippen LogP contribution in [0.1, 0.15) is 16.7 Å². The molecule has 0 bridgehead atoms. The van der Waals surface area contributed by atoms with E-state index in [9.17, 15) is 0 Å². The summed E-state index contributed by atoms with van der Waals surface area (Å²) in [7, 11) is 0. The lowest BCUT2D eigenvalue weighted by Gasteiger charge is -2.12. The van der Waals surface area contributed by atoms with Crippen LogP contribution in [0.5, 0.6) is 0 Å². The molecule has 0 amide bonds. The first kappa shape index (κ1) is 22.8. The second-order valence-corrected chi connectivity index (χ2v) is 9.38. The molecule has 4 nitrogen and oxygen atoms in total. The van der Waals surface area contributed by atoms with E-state index in [-0.39, 0.29) is 0 Å². The van der Waals surface area contributed by atoms with Gasteiger partial charge in [-0.05, 0) is 61.5 Å². The Hall–Kier alpha value is -3.96. The molecule has 5 heteroatoms. The summed E-state index contributed by atoms with van der Waals surface area (Å²) in [6.07, 6.45) is 1.74. The zero-order chi connectivity index (χ0) is 24.5. The minimum absolute atomic E-state index is 0.588. The first-order valence-corrected chi connectivity index (χ1v) is 11.9. The number of pyridine rings is 1. The van der Waals surface area contributed by atoms with Gasteiger partial charge in [0.05, 0.1) is 17.6 Å². The summed E-state index contributed by atoms with van der Waals surface area (Å²) >= 11 is 4.59. The van der Waals surface area contributed by atoms with Crippen molar-refractivity contribution in [3.05, 3.63) is 102 Å². The largest absolute Gasteiger partial charge is 0.396 e. The monoisotopic (exact) mass is 474 g/mol. The second-order valence-electron chi connectivity index (χ2n) is 8.90. The minimum Gasteiger partial charge on any atom is -0.396 e. The zero-order valence-corrected chi connectivity index (χ0v) is 20.8. The molecule has 0 aliphatic rings. The normalized spacial score (nSPS) is 11.4. The summed E-state index contributed by atoms with van der Waals surface area (Å²) in [5, 5.41) is 10.7. The average Bonchev–Trinajstić information content (AvgIpc) is 2.85. The quantitative estimate of drug-likeness (QED) is 0.155. The fraction of sp³-hybridized carbons (Fsp3) is 0.100. The van der Waals surface area contributed by atoms with Crippen LogP contribution in [0.3, 0.4) is 0 Å². The van der Waals surface area contributed by atoms with Crippen molar-refractivity contribution >= 4 is 40.5 Å². The second kappa shape index (κ2) is 9.35. The number of thiol groups is 1. The maximum atomic E-state index is 6.36. The topological polar surface area (TPSA) is 63.6 Å². The Kier molecular flexibility index (Phi) is 6.10. The first-order valence-electron chi connectivity index (χ1n) is 11.5. The van der Waals surface area contributed by atoms with Gasteiger partial charge in [0.25, 0.3) is 0 Å². The third-order valence-electron chi connectivity index (χ3n) is 6.05. The van der Waals surface area contributed by atoms with E-state index < -0.39 is 0 Å². The van der Waals surface area contributed by atoms with E-state index in [4.69, 9.17) is 10.7 Å². The lowest BCUT2D eigenvalue weighted by atomic mass is 9.93. The SMILES string of the molecule is Cc1cc(C)cc(-c2ccc(C)cc2-c2ccc(/N=N/c3cc(S)c4ccccc4c3N)cn2)c1. The summed E-state index contributed by atoms with van der Waals surface area (Å²) < 4.78 is 0. The van der Waals surface area contributed by atoms with Gasteiger partial charge in [-0.2, -0.15) is 0 Å². The highest BCUT2D eigenvalue weighted by molar-refractivity contribution is 7.80. The highest BCUT2D eigenvalue weighted by atomic mass is 32.1. The third-order valence-corrected chi connectivity index (χ3v) is 6.42. The van der Waals surface area contributed by atoms with Gasteiger partial charge in [-0.15, -0.1) is 22.9 Å². The Morgan fingerprint density at radius 3 is 2.17 bits per heavy atom. The molecule has 0 spiro atoms. The van der Waals surface area contributed by atoms with Crippen molar-refractivity contribution in [2.24, 2.45) is 10.2 Å². The highest BCUT2D eigenvalue weighted by Gasteiger charge is 2.11. The minimum atomic E-state index is 0.588. The predicted octanol–water partition coefficient (Wildman–Crippen LogP) is 8.78. The van der Waals surface area contributed by atoms with E-state index in [2.05, 4.69) is 80.0 Å². The van der Waals surface area contributed by atoms with Gasteiger partial charge in [-0.25, -0.2) is 0 Å². The number of aromatic nitrogens is 1. The number of benzene rings is 4. The Labute approximate surface area is 211 Å². The van der Waals surface area contributed by atoms with E-state index in [1.165, 1.54) is 22.3 Å². The molecule has 172 valence electrons. The van der Waals surface area contributed by atoms with Gasteiger partial charge in [0.1, 0.15) is 11.4 Å². The molecular weight excluding hydrogens is 448 g/mol. The van der Waals surface area contributed by atoms with Crippen LogP contribution in [0.4, 0.5) is 17.1 Å². The van der Waals surface area contributed by atoms with Gasteiger partial charge in [-0.3, -0.25) is 4.98 Å². The number of hydrogen-bond acceptors (Lipinski definition) is 5. The molecule has 0 unspecified atom stereocenters. The molecule has 0 saturated carbocycles. The molecule has 0 fully saturated rings. The molecule has 2 N–H and O–H groups in total. The lowest BCUT2D eigenvalue weighted by Crippen LogP contribution is -1.91. The summed E-state index contributed by atoms with van der Waals surface area (Å²) in [5.41, 5.74) is 16.2. The van der Waals surface area contributed by atoms with E-state index in [1.54, 1.807) is 6.20 Å². The van der Waals surface area contributed by atoms with Crippen LogP contribution in [-0.2, 0) is 0 Å². The average molecular weight is 475 g/mol. The summed E-state index contributed by atoms with van der Waals surface area (Å²) in [5.74, 6) is 0. The van der Waals surface area contributed by atoms with Crippen LogP contribution >= 0.6 is 12.6 Å². The number of rotatable bonds is 4. The Balaban J connectivity index is 1.49. The van der Waals surface area contributed by atoms with Crippen LogP contribution in [0.15, 0.2) is 100 Å². The van der Waals surface area contributed by atoms with Crippen molar-refractivity contribution in [3.63, 3.8) is 0 Å². The Morgan fingerprint density at radius 2 is 1.46 bits per heavy atom. The molecule has 0 radical (unpaired) electrons. The van der Waals surface area contributed by atoms with Crippen LogP contribution in [0.25, 0.3) is 33.2 Å². The van der Waals surface area contributed by atoms with E-state index >= 15 is 0 Å². The smallest absolute Gasteiger partial charge is 0.110 e. The van der Waals surface area contributed by atoms with E-state index in [0.717, 1.165) is 32.5 Å². The van der Waals surface area contributed by atoms with Crippen LogP contribution in [-0.4, -0.2) is 4.98 Å². The maximum absolute atomic E-state index is 6.36. The number of nitrogens with two attached hydrogens (primary N) is 1. The number of azo groups is 1. The summed E-state index contributed by atoms with van der Waals surface area (Å²) in [4.78, 5) is 5.54. The van der Waals surface area contributed by atoms with Crippen LogP contribution < -0.4 is 5.73 Å². The molecule has 1 aromatic heterocycles. The number of anilines is 1. The number of hydrogen-bond donors (Lipinski definition) is 2. The maximum Gasteiger partial charge on any atom is 0.110 e.